The third-order valence-corrected chi connectivity index (χ3v) is 9.06. The monoisotopic (exact) mass is 587 g/mol. The van der Waals surface area contributed by atoms with Gasteiger partial charge in [0.05, 0.1) is 11.4 Å². The maximum atomic E-state index is 6.49. The van der Waals surface area contributed by atoms with Gasteiger partial charge in [0.2, 0.25) is 0 Å². The molecule has 46 heavy (non-hydrogen) atoms. The molecule has 0 saturated heterocycles. The fraction of sp³-hybridized carbons (Fsp3) is 0. The first-order valence-electron chi connectivity index (χ1n) is 15.7. The van der Waals surface area contributed by atoms with Gasteiger partial charge < -0.3 is 9.32 Å². The third kappa shape index (κ3) is 4.27. The van der Waals surface area contributed by atoms with E-state index >= 15 is 0 Å². The smallest absolute Gasteiger partial charge is 0.143 e. The van der Waals surface area contributed by atoms with E-state index in [-0.39, 0.29) is 0 Å². The summed E-state index contributed by atoms with van der Waals surface area (Å²) in [6.07, 6.45) is 0. The van der Waals surface area contributed by atoms with E-state index in [1.54, 1.807) is 0 Å². The Labute approximate surface area is 267 Å². The zero-order valence-electron chi connectivity index (χ0n) is 25.1. The topological polar surface area (TPSA) is 16.4 Å². The summed E-state index contributed by atoms with van der Waals surface area (Å²) < 4.78 is 6.49. The summed E-state index contributed by atoms with van der Waals surface area (Å²) >= 11 is 0. The normalized spacial score (nSPS) is 11.5. The number of hydrogen-bond acceptors (Lipinski definition) is 2. The SMILES string of the molecule is c1ccc(-c2ccccc2N(c2ccc(-c3cccc4ccccc34)cc2)c2cc3c4ccccc4oc3c3ccccc23)cc1. The number of fused-ring (bicyclic) bond motifs is 6. The maximum Gasteiger partial charge on any atom is 0.143 e. The molecule has 0 aliphatic carbocycles. The second-order valence-corrected chi connectivity index (χ2v) is 11.7. The fourth-order valence-electron chi connectivity index (χ4n) is 6.92. The summed E-state index contributed by atoms with van der Waals surface area (Å²) in [4.78, 5) is 2.42. The molecule has 2 nitrogen and oxygen atoms in total. The van der Waals surface area contributed by atoms with E-state index in [2.05, 4.69) is 175 Å². The lowest BCUT2D eigenvalue weighted by atomic mass is 9.97. The van der Waals surface area contributed by atoms with Crippen LogP contribution in [-0.4, -0.2) is 0 Å². The van der Waals surface area contributed by atoms with Gasteiger partial charge in [-0.15, -0.1) is 0 Å². The van der Waals surface area contributed by atoms with Crippen molar-refractivity contribution >= 4 is 60.5 Å². The first-order chi connectivity index (χ1) is 22.8. The standard InChI is InChI=1S/C44H29NO/c1-2-13-31(14-3-1)36-18-8-10-23-41(36)45(33-27-25-32(26-28-33)35-22-12-16-30-15-4-5-17-34(30)35)42-29-40-38-20-9-11-24-43(38)46-44(40)39-21-7-6-19-37(39)42/h1-29H. The summed E-state index contributed by atoms with van der Waals surface area (Å²) in [5, 5.41) is 6.96. The van der Waals surface area contributed by atoms with Gasteiger partial charge in [0.25, 0.3) is 0 Å². The highest BCUT2D eigenvalue weighted by atomic mass is 16.3. The highest BCUT2D eigenvalue weighted by molar-refractivity contribution is 6.20. The molecule has 0 N–H and O–H groups in total. The summed E-state index contributed by atoms with van der Waals surface area (Å²) in [7, 11) is 0. The fourth-order valence-corrected chi connectivity index (χ4v) is 6.92. The van der Waals surface area contributed by atoms with E-state index in [0.29, 0.717) is 0 Å². The lowest BCUT2D eigenvalue weighted by molar-refractivity contribution is 0.672. The molecule has 0 radical (unpaired) electrons. The molecule has 0 spiro atoms. The molecule has 0 aliphatic heterocycles. The minimum Gasteiger partial charge on any atom is -0.455 e. The molecule has 0 amide bonds. The molecule has 0 atom stereocenters. The molecular formula is C44H29NO. The second-order valence-electron chi connectivity index (χ2n) is 11.7. The van der Waals surface area contributed by atoms with Crippen LogP contribution in [0, 0.1) is 0 Å². The minimum atomic E-state index is 0.899. The molecule has 0 unspecified atom stereocenters. The molecule has 8 aromatic carbocycles. The predicted octanol–water partition coefficient (Wildman–Crippen LogP) is 12.7. The number of furan rings is 1. The Hall–Kier alpha value is -6.12. The molecule has 0 aliphatic rings. The zero-order valence-corrected chi connectivity index (χ0v) is 25.1. The van der Waals surface area contributed by atoms with Crippen LogP contribution in [0.15, 0.2) is 180 Å². The number of hydrogen-bond donors (Lipinski definition) is 0. The second kappa shape index (κ2) is 10.8. The van der Waals surface area contributed by atoms with Gasteiger partial charge in [0, 0.05) is 32.8 Å². The Bertz CT molecular complexity index is 2520. The van der Waals surface area contributed by atoms with Crippen LogP contribution in [-0.2, 0) is 0 Å². The van der Waals surface area contributed by atoms with Gasteiger partial charge in [-0.1, -0.05) is 146 Å². The van der Waals surface area contributed by atoms with Crippen molar-refractivity contribution in [2.75, 3.05) is 4.90 Å². The van der Waals surface area contributed by atoms with Gasteiger partial charge in [0.15, 0.2) is 0 Å². The van der Waals surface area contributed by atoms with E-state index in [1.807, 2.05) is 6.07 Å². The minimum absolute atomic E-state index is 0.899. The Morgan fingerprint density at radius 3 is 1.83 bits per heavy atom. The molecule has 216 valence electrons. The van der Waals surface area contributed by atoms with E-state index in [4.69, 9.17) is 4.42 Å². The van der Waals surface area contributed by atoms with Gasteiger partial charge in [-0.05, 0) is 57.8 Å². The number of benzene rings is 8. The van der Waals surface area contributed by atoms with E-state index in [9.17, 15) is 0 Å². The van der Waals surface area contributed by atoms with Gasteiger partial charge >= 0.3 is 0 Å². The highest BCUT2D eigenvalue weighted by Crippen LogP contribution is 2.47. The van der Waals surface area contributed by atoms with Crippen LogP contribution in [0.5, 0.6) is 0 Å². The lowest BCUT2D eigenvalue weighted by Crippen LogP contribution is -2.12. The van der Waals surface area contributed by atoms with Gasteiger partial charge in [-0.2, -0.15) is 0 Å². The van der Waals surface area contributed by atoms with E-state index in [1.165, 1.54) is 33.0 Å². The molecule has 9 aromatic rings. The summed E-state index contributed by atoms with van der Waals surface area (Å²) in [5.74, 6) is 0. The van der Waals surface area contributed by atoms with Gasteiger partial charge in [-0.25, -0.2) is 0 Å². The number of para-hydroxylation sites is 2. The first-order valence-corrected chi connectivity index (χ1v) is 15.7. The van der Waals surface area contributed by atoms with Gasteiger partial charge in [-0.3, -0.25) is 0 Å². The van der Waals surface area contributed by atoms with Crippen LogP contribution in [0.2, 0.25) is 0 Å². The predicted molar refractivity (Wildman–Crippen MR) is 194 cm³/mol. The highest BCUT2D eigenvalue weighted by Gasteiger charge is 2.22. The van der Waals surface area contributed by atoms with Crippen molar-refractivity contribution in [1.82, 2.24) is 0 Å². The average molecular weight is 588 g/mol. The van der Waals surface area contributed by atoms with Crippen molar-refractivity contribution in [2.45, 2.75) is 0 Å². The molecule has 0 saturated carbocycles. The Morgan fingerprint density at radius 2 is 0.978 bits per heavy atom. The van der Waals surface area contributed by atoms with Crippen molar-refractivity contribution < 1.29 is 4.42 Å². The third-order valence-electron chi connectivity index (χ3n) is 9.06. The number of nitrogens with zero attached hydrogens (tertiary/aromatic N) is 1. The number of anilines is 3. The van der Waals surface area contributed by atoms with Crippen molar-refractivity contribution in [2.24, 2.45) is 0 Å². The van der Waals surface area contributed by atoms with Crippen LogP contribution in [0.4, 0.5) is 17.1 Å². The molecule has 1 heterocycles. The summed E-state index contributed by atoms with van der Waals surface area (Å²) in [6, 6.07) is 62.7. The van der Waals surface area contributed by atoms with Crippen LogP contribution >= 0.6 is 0 Å². The van der Waals surface area contributed by atoms with Crippen molar-refractivity contribution in [3.05, 3.63) is 176 Å². The number of rotatable bonds is 5. The van der Waals surface area contributed by atoms with Crippen LogP contribution in [0.25, 0.3) is 65.7 Å². The Morgan fingerprint density at radius 1 is 0.370 bits per heavy atom. The zero-order chi connectivity index (χ0) is 30.5. The van der Waals surface area contributed by atoms with Crippen LogP contribution in [0.1, 0.15) is 0 Å². The first kappa shape index (κ1) is 26.3. The summed E-state index contributed by atoms with van der Waals surface area (Å²) in [5.41, 5.74) is 9.90. The molecule has 9 rings (SSSR count). The van der Waals surface area contributed by atoms with E-state index in [0.717, 1.165) is 49.8 Å². The van der Waals surface area contributed by atoms with Gasteiger partial charge in [0.1, 0.15) is 11.2 Å². The van der Waals surface area contributed by atoms with Crippen LogP contribution in [0.3, 0.4) is 0 Å². The van der Waals surface area contributed by atoms with E-state index < -0.39 is 0 Å². The van der Waals surface area contributed by atoms with Crippen molar-refractivity contribution in [3.8, 4) is 22.3 Å². The molecular weight excluding hydrogens is 558 g/mol. The maximum absolute atomic E-state index is 6.49. The molecule has 1 aromatic heterocycles. The largest absolute Gasteiger partial charge is 0.455 e. The Balaban J connectivity index is 1.32. The van der Waals surface area contributed by atoms with Crippen molar-refractivity contribution in [3.63, 3.8) is 0 Å². The summed E-state index contributed by atoms with van der Waals surface area (Å²) in [6.45, 7) is 0. The lowest BCUT2D eigenvalue weighted by Gasteiger charge is -2.29. The quantitative estimate of drug-likeness (QED) is 0.199. The van der Waals surface area contributed by atoms with Crippen molar-refractivity contribution in [1.29, 1.82) is 0 Å². The molecule has 0 bridgehead atoms. The average Bonchev–Trinajstić information content (AvgIpc) is 3.51. The molecule has 0 fully saturated rings. The Kier molecular flexibility index (Phi) is 6.17. The molecule has 2 heteroatoms. The van der Waals surface area contributed by atoms with Crippen LogP contribution < -0.4 is 4.90 Å².